The largest absolute Gasteiger partial charge is 0.385 e. The molecule has 1 aromatic heterocycles. The van der Waals surface area contributed by atoms with E-state index in [1.807, 2.05) is 17.5 Å². The van der Waals surface area contributed by atoms with Crippen molar-refractivity contribution in [3.05, 3.63) is 16.1 Å². The van der Waals surface area contributed by atoms with Crippen LogP contribution in [0.15, 0.2) is 6.20 Å². The summed E-state index contributed by atoms with van der Waals surface area (Å²) >= 11 is 1.88. The minimum Gasteiger partial charge on any atom is -0.385 e. The molecule has 0 unspecified atom stereocenters. The Morgan fingerprint density at radius 3 is 3.12 bits per heavy atom. The van der Waals surface area contributed by atoms with Crippen LogP contribution in [-0.2, 0) is 11.3 Å². The standard InChI is InChI=1S/C12H20N2OS/c1-15-7-3-6-13-8-11-9-14-12(16-11)10-4-2-5-10/h9-10,13H,2-8H2,1H3. The first-order valence-corrected chi connectivity index (χ1v) is 6.86. The Morgan fingerprint density at radius 1 is 1.56 bits per heavy atom. The van der Waals surface area contributed by atoms with E-state index < -0.39 is 0 Å². The maximum atomic E-state index is 5.00. The Hall–Kier alpha value is -0.450. The van der Waals surface area contributed by atoms with Crippen molar-refractivity contribution in [2.75, 3.05) is 20.3 Å². The Morgan fingerprint density at radius 2 is 2.44 bits per heavy atom. The van der Waals surface area contributed by atoms with Gasteiger partial charge in [-0.25, -0.2) is 4.98 Å². The first-order chi connectivity index (χ1) is 7.90. The average molecular weight is 240 g/mol. The van der Waals surface area contributed by atoms with E-state index in [0.29, 0.717) is 0 Å². The van der Waals surface area contributed by atoms with Gasteiger partial charge in [0.2, 0.25) is 0 Å². The SMILES string of the molecule is COCCCNCc1cnc(C2CCC2)s1. The van der Waals surface area contributed by atoms with Crippen LogP contribution in [0.25, 0.3) is 0 Å². The van der Waals surface area contributed by atoms with Gasteiger partial charge in [0.15, 0.2) is 0 Å². The molecule has 1 aliphatic carbocycles. The third-order valence-corrected chi connectivity index (χ3v) is 4.19. The van der Waals surface area contributed by atoms with Gasteiger partial charge in [0.25, 0.3) is 0 Å². The number of hydrogen-bond acceptors (Lipinski definition) is 4. The highest BCUT2D eigenvalue weighted by Crippen LogP contribution is 2.38. The minimum atomic E-state index is 0.771. The van der Waals surface area contributed by atoms with E-state index in [9.17, 15) is 0 Å². The maximum absolute atomic E-state index is 5.00. The smallest absolute Gasteiger partial charge is 0.0959 e. The van der Waals surface area contributed by atoms with Gasteiger partial charge in [0.05, 0.1) is 5.01 Å². The van der Waals surface area contributed by atoms with Crippen LogP contribution in [0, 0.1) is 0 Å². The Balaban J connectivity index is 1.66. The molecule has 16 heavy (non-hydrogen) atoms. The summed E-state index contributed by atoms with van der Waals surface area (Å²) in [5.74, 6) is 0.771. The number of methoxy groups -OCH3 is 1. The molecule has 0 radical (unpaired) electrons. The van der Waals surface area contributed by atoms with E-state index in [0.717, 1.165) is 32.0 Å². The van der Waals surface area contributed by atoms with E-state index in [-0.39, 0.29) is 0 Å². The molecule has 0 spiro atoms. The number of hydrogen-bond donors (Lipinski definition) is 1. The molecular weight excluding hydrogens is 220 g/mol. The number of aromatic nitrogens is 1. The fourth-order valence-electron chi connectivity index (χ4n) is 1.80. The summed E-state index contributed by atoms with van der Waals surface area (Å²) in [4.78, 5) is 5.87. The van der Waals surface area contributed by atoms with Gasteiger partial charge >= 0.3 is 0 Å². The molecule has 0 aromatic carbocycles. The Labute approximate surface area is 101 Å². The molecular formula is C12H20N2OS. The molecule has 1 saturated carbocycles. The van der Waals surface area contributed by atoms with Crippen molar-refractivity contribution in [2.45, 2.75) is 38.1 Å². The molecule has 0 bridgehead atoms. The number of nitrogens with zero attached hydrogens (tertiary/aromatic N) is 1. The second-order valence-electron chi connectivity index (χ2n) is 4.32. The van der Waals surface area contributed by atoms with Gasteiger partial charge in [-0.15, -0.1) is 11.3 Å². The first-order valence-electron chi connectivity index (χ1n) is 6.04. The summed E-state index contributed by atoms with van der Waals surface area (Å²) in [6.45, 7) is 2.81. The van der Waals surface area contributed by atoms with Crippen molar-refractivity contribution >= 4 is 11.3 Å². The monoisotopic (exact) mass is 240 g/mol. The predicted molar refractivity (Wildman–Crippen MR) is 66.9 cm³/mol. The lowest BCUT2D eigenvalue weighted by Gasteiger charge is -2.22. The van der Waals surface area contributed by atoms with E-state index in [2.05, 4.69) is 10.3 Å². The lowest BCUT2D eigenvalue weighted by atomic mass is 9.86. The van der Waals surface area contributed by atoms with Crippen molar-refractivity contribution in [3.8, 4) is 0 Å². The average Bonchev–Trinajstić information content (AvgIpc) is 2.64. The molecule has 4 heteroatoms. The number of ether oxygens (including phenoxy) is 1. The van der Waals surface area contributed by atoms with Crippen molar-refractivity contribution < 1.29 is 4.74 Å². The van der Waals surface area contributed by atoms with Gasteiger partial charge in [0, 0.05) is 37.3 Å². The second-order valence-corrected chi connectivity index (χ2v) is 5.46. The second kappa shape index (κ2) is 6.33. The number of thiazole rings is 1. The van der Waals surface area contributed by atoms with Crippen LogP contribution in [-0.4, -0.2) is 25.2 Å². The third-order valence-electron chi connectivity index (χ3n) is 3.03. The van der Waals surface area contributed by atoms with E-state index >= 15 is 0 Å². The van der Waals surface area contributed by atoms with Crippen molar-refractivity contribution in [3.63, 3.8) is 0 Å². The van der Waals surface area contributed by atoms with Crippen LogP contribution in [0.4, 0.5) is 0 Å². The van der Waals surface area contributed by atoms with Crippen molar-refractivity contribution in [1.29, 1.82) is 0 Å². The normalized spacial score (nSPS) is 16.3. The van der Waals surface area contributed by atoms with Gasteiger partial charge in [-0.2, -0.15) is 0 Å². The van der Waals surface area contributed by atoms with Crippen LogP contribution in [0.1, 0.15) is 41.5 Å². The van der Waals surface area contributed by atoms with Crippen LogP contribution in [0.3, 0.4) is 0 Å². The first kappa shape index (κ1) is 12.0. The molecule has 1 aromatic rings. The molecule has 3 nitrogen and oxygen atoms in total. The van der Waals surface area contributed by atoms with Gasteiger partial charge < -0.3 is 10.1 Å². The van der Waals surface area contributed by atoms with Crippen LogP contribution in [0.2, 0.25) is 0 Å². The zero-order valence-electron chi connectivity index (χ0n) is 9.87. The highest BCUT2D eigenvalue weighted by molar-refractivity contribution is 7.11. The van der Waals surface area contributed by atoms with Gasteiger partial charge in [-0.1, -0.05) is 6.42 Å². The van der Waals surface area contributed by atoms with Crippen LogP contribution >= 0.6 is 11.3 Å². The highest BCUT2D eigenvalue weighted by Gasteiger charge is 2.22. The van der Waals surface area contributed by atoms with Gasteiger partial charge in [0.1, 0.15) is 0 Å². The molecule has 0 saturated heterocycles. The quantitative estimate of drug-likeness (QED) is 0.744. The Kier molecular flexibility index (Phi) is 4.75. The van der Waals surface area contributed by atoms with Gasteiger partial charge in [-0.3, -0.25) is 0 Å². The lowest BCUT2D eigenvalue weighted by Crippen LogP contribution is -2.15. The molecule has 0 aliphatic heterocycles. The topological polar surface area (TPSA) is 34.1 Å². The lowest BCUT2D eigenvalue weighted by molar-refractivity contribution is 0.194. The third kappa shape index (κ3) is 3.27. The fraction of sp³-hybridized carbons (Fsp3) is 0.750. The maximum Gasteiger partial charge on any atom is 0.0959 e. The summed E-state index contributed by atoms with van der Waals surface area (Å²) in [6, 6.07) is 0. The van der Waals surface area contributed by atoms with Gasteiger partial charge in [-0.05, 0) is 25.8 Å². The summed E-state index contributed by atoms with van der Waals surface area (Å²) in [5.41, 5.74) is 0. The van der Waals surface area contributed by atoms with E-state index in [1.165, 1.54) is 29.1 Å². The zero-order chi connectivity index (χ0) is 11.2. The summed E-state index contributed by atoms with van der Waals surface area (Å²) in [7, 11) is 1.74. The fourth-order valence-corrected chi connectivity index (χ4v) is 2.86. The molecule has 0 amide bonds. The molecule has 1 fully saturated rings. The van der Waals surface area contributed by atoms with E-state index in [1.54, 1.807) is 7.11 Å². The zero-order valence-corrected chi connectivity index (χ0v) is 10.7. The van der Waals surface area contributed by atoms with Crippen molar-refractivity contribution in [1.82, 2.24) is 10.3 Å². The molecule has 1 aliphatic rings. The molecule has 0 atom stereocenters. The highest BCUT2D eigenvalue weighted by atomic mass is 32.1. The van der Waals surface area contributed by atoms with Crippen LogP contribution in [0.5, 0.6) is 0 Å². The summed E-state index contributed by atoms with van der Waals surface area (Å²) < 4.78 is 5.00. The molecule has 90 valence electrons. The number of nitrogens with one attached hydrogen (secondary N) is 1. The Bertz CT molecular complexity index is 310. The van der Waals surface area contributed by atoms with E-state index in [4.69, 9.17) is 4.74 Å². The molecule has 2 rings (SSSR count). The summed E-state index contributed by atoms with van der Waals surface area (Å²) in [5, 5.41) is 4.76. The number of rotatable bonds is 7. The summed E-state index contributed by atoms with van der Waals surface area (Å²) in [6.07, 6.45) is 7.17. The van der Waals surface area contributed by atoms with Crippen LogP contribution < -0.4 is 5.32 Å². The predicted octanol–water partition coefficient (Wildman–Crippen LogP) is 2.54. The minimum absolute atomic E-state index is 0.771. The van der Waals surface area contributed by atoms with Crippen molar-refractivity contribution in [2.24, 2.45) is 0 Å². The molecule has 1 heterocycles. The molecule has 1 N–H and O–H groups in total.